The molecule has 4 aromatic rings. The van der Waals surface area contributed by atoms with Gasteiger partial charge in [-0.05, 0) is 54.4 Å². The molecule has 2 heterocycles. The Labute approximate surface area is 203 Å². The number of benzene rings is 3. The Balaban J connectivity index is 1.36. The fourth-order valence-corrected chi connectivity index (χ4v) is 5.31. The number of hydrogen-bond donors (Lipinski definition) is 0. The molecule has 0 radical (unpaired) electrons. The van der Waals surface area contributed by atoms with E-state index < -0.39 is 9.84 Å². The van der Waals surface area contributed by atoms with Crippen LogP contribution in [0.3, 0.4) is 0 Å². The van der Waals surface area contributed by atoms with Crippen molar-refractivity contribution in [3.05, 3.63) is 78.4 Å². The lowest BCUT2D eigenvalue weighted by molar-refractivity contribution is -0.121. The van der Waals surface area contributed by atoms with Crippen LogP contribution in [0, 0.1) is 0 Å². The summed E-state index contributed by atoms with van der Waals surface area (Å²) in [5, 5.41) is 4.10. The first kappa shape index (κ1) is 22.8. The van der Waals surface area contributed by atoms with Crippen LogP contribution in [0.25, 0.3) is 22.8 Å². The first-order chi connectivity index (χ1) is 16.9. The number of fused-ring (bicyclic) bond motifs is 1. The maximum atomic E-state index is 12.6. The van der Waals surface area contributed by atoms with E-state index in [2.05, 4.69) is 10.1 Å². The van der Waals surface area contributed by atoms with Crippen molar-refractivity contribution >= 4 is 21.4 Å². The normalized spacial score (nSPS) is 13.4. The molecule has 3 aromatic carbocycles. The van der Waals surface area contributed by atoms with Gasteiger partial charge in [-0.15, -0.1) is 0 Å². The lowest BCUT2D eigenvalue weighted by Gasteiger charge is -2.29. The van der Waals surface area contributed by atoms with Crippen LogP contribution in [0.5, 0.6) is 5.75 Å². The number of anilines is 1. The van der Waals surface area contributed by atoms with Crippen molar-refractivity contribution in [2.75, 3.05) is 18.1 Å². The molecule has 1 aliphatic heterocycles. The zero-order valence-corrected chi connectivity index (χ0v) is 19.9. The molecule has 0 atom stereocenters. The fourth-order valence-electron chi connectivity index (χ4n) is 3.94. The number of nitrogens with zero attached hydrogens (tertiary/aromatic N) is 3. The lowest BCUT2D eigenvalue weighted by atomic mass is 10.1. The topological polar surface area (TPSA) is 103 Å². The zero-order chi connectivity index (χ0) is 24.4. The summed E-state index contributed by atoms with van der Waals surface area (Å²) in [4.78, 5) is 18.8. The number of ether oxygens (including phenoxy) is 1. The minimum atomic E-state index is -3.43. The number of aromatic nitrogens is 2. The van der Waals surface area contributed by atoms with Gasteiger partial charge in [-0.25, -0.2) is 8.42 Å². The first-order valence-corrected chi connectivity index (χ1v) is 12.9. The standard InChI is InChI=1S/C26H23N3O5S/c1-2-14-29-22-15-20(12-13-23(22)33-16-24(29)30)25-27-26(34-28-25)19-10-8-18(9-11-19)17-35(31,32)21-6-4-3-5-7-21/h3-13,15H,2,14,16-17H2,1H3. The van der Waals surface area contributed by atoms with Gasteiger partial charge in [0.25, 0.3) is 11.8 Å². The quantitative estimate of drug-likeness (QED) is 0.376. The minimum absolute atomic E-state index is 0.0291. The molecule has 0 N–H and O–H groups in total. The molecule has 0 saturated heterocycles. The molecule has 178 valence electrons. The van der Waals surface area contributed by atoms with Crippen molar-refractivity contribution in [3.63, 3.8) is 0 Å². The average Bonchev–Trinajstić information content (AvgIpc) is 3.37. The minimum Gasteiger partial charge on any atom is -0.482 e. The van der Waals surface area contributed by atoms with Crippen LogP contribution in [0.2, 0.25) is 0 Å². The van der Waals surface area contributed by atoms with Gasteiger partial charge in [-0.1, -0.05) is 42.4 Å². The third-order valence-corrected chi connectivity index (χ3v) is 7.40. The monoisotopic (exact) mass is 489 g/mol. The van der Waals surface area contributed by atoms with Crippen molar-refractivity contribution in [2.45, 2.75) is 24.0 Å². The van der Waals surface area contributed by atoms with Gasteiger partial charge < -0.3 is 14.2 Å². The van der Waals surface area contributed by atoms with Crippen LogP contribution in [-0.4, -0.2) is 37.6 Å². The molecule has 1 aliphatic rings. The smallest absolute Gasteiger partial charge is 0.265 e. The number of carbonyl (C=O) groups excluding carboxylic acids is 1. The first-order valence-electron chi connectivity index (χ1n) is 11.2. The van der Waals surface area contributed by atoms with Gasteiger partial charge in [0.1, 0.15) is 5.75 Å². The van der Waals surface area contributed by atoms with Gasteiger partial charge in [0.05, 0.1) is 16.3 Å². The zero-order valence-electron chi connectivity index (χ0n) is 19.0. The predicted octanol–water partition coefficient (Wildman–Crippen LogP) is 4.51. The molecule has 35 heavy (non-hydrogen) atoms. The van der Waals surface area contributed by atoms with Gasteiger partial charge >= 0.3 is 0 Å². The molecule has 0 aliphatic carbocycles. The number of hydrogen-bond acceptors (Lipinski definition) is 7. The second-order valence-corrected chi connectivity index (χ2v) is 10.2. The van der Waals surface area contributed by atoms with E-state index in [0.29, 0.717) is 51.3 Å². The van der Waals surface area contributed by atoms with Crippen LogP contribution in [0.1, 0.15) is 18.9 Å². The van der Waals surface area contributed by atoms with Crippen LogP contribution in [0.4, 0.5) is 5.69 Å². The lowest BCUT2D eigenvalue weighted by Crippen LogP contribution is -2.39. The molecule has 9 heteroatoms. The van der Waals surface area contributed by atoms with E-state index >= 15 is 0 Å². The SMILES string of the molecule is CCCN1C(=O)COc2ccc(-c3noc(-c4ccc(CS(=O)(=O)c5ccccc5)cc4)n3)cc21. The maximum Gasteiger partial charge on any atom is 0.265 e. The summed E-state index contributed by atoms with van der Waals surface area (Å²) in [5.74, 6) is 1.16. The Morgan fingerprint density at radius 2 is 1.71 bits per heavy atom. The van der Waals surface area contributed by atoms with E-state index in [0.717, 1.165) is 6.42 Å². The molecule has 0 unspecified atom stereocenters. The summed E-state index contributed by atoms with van der Waals surface area (Å²) in [5.41, 5.74) is 2.72. The van der Waals surface area contributed by atoms with E-state index in [-0.39, 0.29) is 18.3 Å². The van der Waals surface area contributed by atoms with Crippen molar-refractivity contribution in [1.29, 1.82) is 0 Å². The van der Waals surface area contributed by atoms with Crippen molar-refractivity contribution in [2.24, 2.45) is 0 Å². The second kappa shape index (κ2) is 9.34. The van der Waals surface area contributed by atoms with Gasteiger partial charge in [-0.2, -0.15) is 4.98 Å². The highest BCUT2D eigenvalue weighted by molar-refractivity contribution is 7.90. The molecule has 0 saturated carbocycles. The molecule has 5 rings (SSSR count). The van der Waals surface area contributed by atoms with Gasteiger partial charge in [0.2, 0.25) is 5.82 Å². The summed E-state index contributed by atoms with van der Waals surface area (Å²) in [7, 11) is -3.43. The average molecular weight is 490 g/mol. The molecule has 8 nitrogen and oxygen atoms in total. The Morgan fingerprint density at radius 3 is 2.46 bits per heavy atom. The van der Waals surface area contributed by atoms with E-state index in [1.54, 1.807) is 65.6 Å². The second-order valence-electron chi connectivity index (χ2n) is 8.21. The van der Waals surface area contributed by atoms with Crippen LogP contribution in [-0.2, 0) is 20.4 Å². The number of sulfone groups is 1. The fraction of sp³-hybridized carbons (Fsp3) is 0.192. The third-order valence-electron chi connectivity index (χ3n) is 5.69. The summed E-state index contributed by atoms with van der Waals surface area (Å²) >= 11 is 0. The molecule has 0 fully saturated rings. The Morgan fingerprint density at radius 1 is 0.971 bits per heavy atom. The Hall–Kier alpha value is -3.98. The maximum absolute atomic E-state index is 12.6. The molecular formula is C26H23N3O5S. The molecule has 1 aromatic heterocycles. The van der Waals surface area contributed by atoms with Crippen molar-refractivity contribution in [3.8, 4) is 28.6 Å². The largest absolute Gasteiger partial charge is 0.482 e. The Bertz CT molecular complexity index is 1460. The molecular weight excluding hydrogens is 466 g/mol. The Kier molecular flexibility index (Phi) is 6.08. The predicted molar refractivity (Wildman–Crippen MR) is 131 cm³/mol. The number of rotatable bonds is 7. The molecule has 1 amide bonds. The van der Waals surface area contributed by atoms with Gasteiger partial charge in [0.15, 0.2) is 16.4 Å². The van der Waals surface area contributed by atoms with E-state index in [4.69, 9.17) is 9.26 Å². The highest BCUT2D eigenvalue weighted by Gasteiger charge is 2.26. The van der Waals surface area contributed by atoms with Crippen molar-refractivity contribution < 1.29 is 22.5 Å². The summed E-state index contributed by atoms with van der Waals surface area (Å²) < 4.78 is 36.3. The van der Waals surface area contributed by atoms with Crippen molar-refractivity contribution in [1.82, 2.24) is 10.1 Å². The van der Waals surface area contributed by atoms with E-state index in [1.807, 2.05) is 19.1 Å². The number of carbonyl (C=O) groups is 1. The van der Waals surface area contributed by atoms with Crippen LogP contribution >= 0.6 is 0 Å². The summed E-state index contributed by atoms with van der Waals surface area (Å²) in [6, 6.07) is 20.8. The van der Waals surface area contributed by atoms with E-state index in [9.17, 15) is 13.2 Å². The third kappa shape index (κ3) is 4.67. The molecule has 0 bridgehead atoms. The van der Waals surface area contributed by atoms with E-state index in [1.165, 1.54) is 0 Å². The summed E-state index contributed by atoms with van der Waals surface area (Å²) in [6.45, 7) is 2.64. The number of amides is 1. The highest BCUT2D eigenvalue weighted by atomic mass is 32.2. The summed E-state index contributed by atoms with van der Waals surface area (Å²) in [6.07, 6.45) is 0.824. The van der Waals surface area contributed by atoms with Gasteiger partial charge in [-0.3, -0.25) is 4.79 Å². The highest BCUT2D eigenvalue weighted by Crippen LogP contribution is 2.36. The molecule has 0 spiro atoms. The van der Waals surface area contributed by atoms with Gasteiger partial charge in [0, 0.05) is 17.7 Å². The van der Waals surface area contributed by atoms with Crippen LogP contribution in [0.15, 0.2) is 82.2 Å². The van der Waals surface area contributed by atoms with Crippen LogP contribution < -0.4 is 9.64 Å².